The third-order valence-corrected chi connectivity index (χ3v) is 7.28. The van der Waals surface area contributed by atoms with E-state index in [1.807, 2.05) is 6.92 Å². The number of carbonyl (C=O) groups excluding carboxylic acids is 2. The highest BCUT2D eigenvalue weighted by molar-refractivity contribution is 9.10. The second-order valence-corrected chi connectivity index (χ2v) is 9.98. The molecule has 0 fully saturated rings. The number of carbonyl (C=O) groups is 2. The molecule has 0 aliphatic heterocycles. The first kappa shape index (κ1) is 25.3. The van der Waals surface area contributed by atoms with Gasteiger partial charge >= 0.3 is 5.97 Å². The number of methoxy groups -OCH3 is 2. The maximum Gasteiger partial charge on any atom is 0.337 e. The zero-order chi connectivity index (χ0) is 24.9. The van der Waals surface area contributed by atoms with E-state index in [0.717, 1.165) is 9.87 Å². The molecule has 0 spiro atoms. The smallest absolute Gasteiger partial charge is 0.337 e. The van der Waals surface area contributed by atoms with Crippen molar-refractivity contribution < 1.29 is 27.5 Å². The van der Waals surface area contributed by atoms with Crippen molar-refractivity contribution in [2.24, 2.45) is 0 Å². The summed E-state index contributed by atoms with van der Waals surface area (Å²) < 4.78 is 38.5. The molecule has 1 amide bonds. The zero-order valence-corrected chi connectivity index (χ0v) is 21.1. The summed E-state index contributed by atoms with van der Waals surface area (Å²) >= 11 is 3.31. The van der Waals surface area contributed by atoms with Crippen LogP contribution in [-0.4, -0.2) is 41.1 Å². The number of nitrogens with one attached hydrogen (secondary N) is 1. The lowest BCUT2D eigenvalue weighted by Gasteiger charge is -2.24. The molecule has 0 aliphatic rings. The summed E-state index contributed by atoms with van der Waals surface area (Å²) in [4.78, 5) is 24.7. The summed E-state index contributed by atoms with van der Waals surface area (Å²) in [6.07, 6.45) is 0. The average molecular weight is 547 g/mol. The molecule has 0 unspecified atom stereocenters. The molecule has 3 aromatic carbocycles. The van der Waals surface area contributed by atoms with Crippen molar-refractivity contribution in [1.29, 1.82) is 0 Å². The van der Waals surface area contributed by atoms with E-state index in [2.05, 4.69) is 21.2 Å². The Kier molecular flexibility index (Phi) is 7.95. The van der Waals surface area contributed by atoms with E-state index in [1.165, 1.54) is 38.5 Å². The molecule has 0 saturated heterocycles. The molecule has 178 valence electrons. The molecular formula is C24H23BrN2O6S. The highest BCUT2D eigenvalue weighted by atomic mass is 79.9. The average Bonchev–Trinajstić information content (AvgIpc) is 2.82. The van der Waals surface area contributed by atoms with Gasteiger partial charge in [-0.05, 0) is 71.4 Å². The highest BCUT2D eigenvalue weighted by Gasteiger charge is 2.28. The van der Waals surface area contributed by atoms with E-state index in [-0.39, 0.29) is 10.5 Å². The van der Waals surface area contributed by atoms with Gasteiger partial charge in [0, 0.05) is 5.69 Å². The lowest BCUT2D eigenvalue weighted by atomic mass is 10.2. The molecule has 0 saturated carbocycles. The van der Waals surface area contributed by atoms with Gasteiger partial charge < -0.3 is 14.8 Å². The van der Waals surface area contributed by atoms with Gasteiger partial charge in [0.05, 0.1) is 34.8 Å². The predicted octanol–water partition coefficient (Wildman–Crippen LogP) is 4.39. The minimum absolute atomic E-state index is 0.0127. The van der Waals surface area contributed by atoms with Crippen molar-refractivity contribution >= 4 is 49.2 Å². The fourth-order valence-corrected chi connectivity index (χ4v) is 5.27. The van der Waals surface area contributed by atoms with E-state index in [1.54, 1.807) is 42.5 Å². The number of rotatable bonds is 8. The minimum atomic E-state index is -4.11. The van der Waals surface area contributed by atoms with Crippen LogP contribution < -0.4 is 14.4 Å². The Balaban J connectivity index is 1.94. The summed E-state index contributed by atoms with van der Waals surface area (Å²) in [5.74, 6) is -0.659. The highest BCUT2D eigenvalue weighted by Crippen LogP contribution is 2.31. The van der Waals surface area contributed by atoms with Gasteiger partial charge in [-0.1, -0.05) is 23.8 Å². The molecule has 0 aliphatic carbocycles. The lowest BCUT2D eigenvalue weighted by Crippen LogP contribution is -2.38. The number of aryl methyl sites for hydroxylation is 1. The maximum absolute atomic E-state index is 13.6. The Labute approximate surface area is 206 Å². The number of esters is 1. The molecule has 0 aromatic heterocycles. The third kappa shape index (κ3) is 5.75. The fourth-order valence-electron chi connectivity index (χ4n) is 3.13. The van der Waals surface area contributed by atoms with Gasteiger partial charge in [0.25, 0.3) is 10.0 Å². The summed E-state index contributed by atoms with van der Waals surface area (Å²) in [5, 5.41) is 2.64. The van der Waals surface area contributed by atoms with Crippen LogP contribution in [0.2, 0.25) is 0 Å². The molecule has 8 nitrogen and oxygen atoms in total. The van der Waals surface area contributed by atoms with Gasteiger partial charge in [0.1, 0.15) is 12.3 Å². The van der Waals surface area contributed by atoms with E-state index in [0.29, 0.717) is 21.6 Å². The molecule has 3 rings (SSSR count). The molecule has 0 heterocycles. The van der Waals surface area contributed by atoms with E-state index in [9.17, 15) is 18.0 Å². The quantitative estimate of drug-likeness (QED) is 0.420. The zero-order valence-electron chi connectivity index (χ0n) is 18.7. The van der Waals surface area contributed by atoms with E-state index < -0.39 is 28.4 Å². The summed E-state index contributed by atoms with van der Waals surface area (Å²) in [6, 6.07) is 17.3. The molecule has 3 aromatic rings. The predicted molar refractivity (Wildman–Crippen MR) is 133 cm³/mol. The summed E-state index contributed by atoms with van der Waals surface area (Å²) in [5.41, 5.74) is 1.86. The first-order valence-electron chi connectivity index (χ1n) is 10.1. The number of hydrogen-bond donors (Lipinski definition) is 1. The summed E-state index contributed by atoms with van der Waals surface area (Å²) in [7, 11) is -1.38. The van der Waals surface area contributed by atoms with Crippen molar-refractivity contribution in [3.05, 3.63) is 82.3 Å². The number of amides is 1. The number of anilines is 2. The van der Waals surface area contributed by atoms with Gasteiger partial charge in [-0.3, -0.25) is 9.10 Å². The maximum atomic E-state index is 13.6. The van der Waals surface area contributed by atoms with Crippen LogP contribution in [0.15, 0.2) is 76.1 Å². The van der Waals surface area contributed by atoms with Gasteiger partial charge in [-0.2, -0.15) is 0 Å². The Morgan fingerprint density at radius 3 is 2.32 bits per heavy atom. The largest absolute Gasteiger partial charge is 0.496 e. The normalized spacial score (nSPS) is 10.9. The molecular weight excluding hydrogens is 524 g/mol. The molecule has 1 N–H and O–H groups in total. The van der Waals surface area contributed by atoms with Crippen LogP contribution in [0, 0.1) is 6.92 Å². The van der Waals surface area contributed by atoms with Gasteiger partial charge in [-0.25, -0.2) is 13.2 Å². The monoisotopic (exact) mass is 546 g/mol. The third-order valence-electron chi connectivity index (χ3n) is 4.89. The van der Waals surface area contributed by atoms with E-state index >= 15 is 0 Å². The molecule has 0 atom stereocenters. The van der Waals surface area contributed by atoms with Gasteiger partial charge in [0.15, 0.2) is 0 Å². The molecule has 0 radical (unpaired) electrons. The van der Waals surface area contributed by atoms with Crippen molar-refractivity contribution in [3.63, 3.8) is 0 Å². The van der Waals surface area contributed by atoms with Crippen LogP contribution in [0.4, 0.5) is 11.4 Å². The van der Waals surface area contributed by atoms with Crippen LogP contribution >= 0.6 is 15.9 Å². The van der Waals surface area contributed by atoms with Crippen LogP contribution in [0.25, 0.3) is 0 Å². The Morgan fingerprint density at radius 2 is 1.71 bits per heavy atom. The number of ether oxygens (including phenoxy) is 2. The topological polar surface area (TPSA) is 102 Å². The number of hydrogen-bond acceptors (Lipinski definition) is 6. The lowest BCUT2D eigenvalue weighted by molar-refractivity contribution is -0.114. The number of halogens is 1. The van der Waals surface area contributed by atoms with Crippen molar-refractivity contribution in [2.75, 3.05) is 30.4 Å². The second kappa shape index (κ2) is 10.7. The van der Waals surface area contributed by atoms with Crippen LogP contribution in [0.1, 0.15) is 15.9 Å². The number of sulfonamides is 1. The first-order chi connectivity index (χ1) is 16.1. The Hall–Kier alpha value is -3.37. The van der Waals surface area contributed by atoms with Gasteiger partial charge in [-0.15, -0.1) is 0 Å². The van der Waals surface area contributed by atoms with Crippen molar-refractivity contribution in [3.8, 4) is 5.75 Å². The van der Waals surface area contributed by atoms with Crippen LogP contribution in [0.5, 0.6) is 5.75 Å². The van der Waals surface area contributed by atoms with Crippen LogP contribution in [-0.2, 0) is 19.6 Å². The standard InChI is InChI=1S/C24H23BrN2O6S/c1-16-7-9-19(10-8-16)27(34(30,31)20-11-12-22(32-2)21(25)14-20)15-23(28)26-18-6-4-5-17(13-18)24(29)33-3/h4-14H,15H2,1-3H3,(H,26,28). The van der Waals surface area contributed by atoms with Crippen molar-refractivity contribution in [2.45, 2.75) is 11.8 Å². The molecule has 34 heavy (non-hydrogen) atoms. The number of benzene rings is 3. The minimum Gasteiger partial charge on any atom is -0.496 e. The van der Waals surface area contributed by atoms with Gasteiger partial charge in [0.2, 0.25) is 5.91 Å². The SMILES string of the molecule is COC(=O)c1cccc(NC(=O)CN(c2ccc(C)cc2)S(=O)(=O)c2ccc(OC)c(Br)c2)c1. The molecule has 0 bridgehead atoms. The molecule has 10 heteroatoms. The van der Waals surface area contributed by atoms with Crippen LogP contribution in [0.3, 0.4) is 0 Å². The summed E-state index contributed by atoms with van der Waals surface area (Å²) in [6.45, 7) is 1.39. The Morgan fingerprint density at radius 1 is 1.00 bits per heavy atom. The Bertz CT molecular complexity index is 1310. The number of nitrogens with zero attached hydrogens (tertiary/aromatic N) is 1. The fraction of sp³-hybridized carbons (Fsp3) is 0.167. The van der Waals surface area contributed by atoms with Crippen molar-refractivity contribution in [1.82, 2.24) is 0 Å². The second-order valence-electron chi connectivity index (χ2n) is 7.26. The first-order valence-corrected chi connectivity index (χ1v) is 12.3. The van der Waals surface area contributed by atoms with E-state index in [4.69, 9.17) is 9.47 Å².